The molecule has 0 aromatic carbocycles. The van der Waals surface area contributed by atoms with E-state index in [1.165, 1.54) is 19.2 Å². The van der Waals surface area contributed by atoms with Crippen molar-refractivity contribution >= 4 is 23.3 Å². The number of amides is 1. The molecular weight excluding hydrogens is 240 g/mol. The first kappa shape index (κ1) is 12.6. The molecule has 4 nitrogen and oxygen atoms in total. The predicted octanol–water partition coefficient (Wildman–Crippen LogP) is 1.65. The van der Waals surface area contributed by atoms with Crippen molar-refractivity contribution in [2.75, 3.05) is 19.3 Å². The third-order valence-electron chi connectivity index (χ3n) is 1.82. The first-order chi connectivity index (χ1) is 7.40. The Balaban J connectivity index is 2.87. The molecule has 1 amide bonds. The zero-order valence-corrected chi connectivity index (χ0v) is 9.21. The Labute approximate surface area is 96.0 Å². The van der Waals surface area contributed by atoms with Gasteiger partial charge in [-0.1, -0.05) is 11.6 Å². The number of nitrogen functional groups attached to an aromatic ring is 1. The molecule has 0 radical (unpaired) electrons. The van der Waals surface area contributed by atoms with Crippen LogP contribution in [0.25, 0.3) is 0 Å². The van der Waals surface area contributed by atoms with Crippen molar-refractivity contribution < 1.29 is 13.6 Å². The number of carbonyl (C=O) groups is 1. The van der Waals surface area contributed by atoms with Crippen molar-refractivity contribution in [1.82, 2.24) is 9.88 Å². The molecule has 0 fully saturated rings. The van der Waals surface area contributed by atoms with Crippen LogP contribution in [0, 0.1) is 0 Å². The topological polar surface area (TPSA) is 59.2 Å². The first-order valence-corrected chi connectivity index (χ1v) is 4.74. The Morgan fingerprint density at radius 1 is 1.62 bits per heavy atom. The zero-order valence-electron chi connectivity index (χ0n) is 8.45. The molecule has 0 saturated heterocycles. The lowest BCUT2D eigenvalue weighted by atomic mass is 10.2. The van der Waals surface area contributed by atoms with Gasteiger partial charge >= 0.3 is 0 Å². The lowest BCUT2D eigenvalue weighted by Gasteiger charge is -2.16. The maximum atomic E-state index is 12.1. The standard InChI is InChI=1S/C9H10ClF2N3O/c1-15(4-7(11)12)9(16)5-2-6(10)14-8(13)3-5/h2-3,7H,4H2,1H3,(H2,13,14). The predicted molar refractivity (Wildman–Crippen MR) is 56.6 cm³/mol. The number of nitrogens with zero attached hydrogens (tertiary/aromatic N) is 2. The van der Waals surface area contributed by atoms with E-state index in [4.69, 9.17) is 17.3 Å². The fraction of sp³-hybridized carbons (Fsp3) is 0.333. The summed E-state index contributed by atoms with van der Waals surface area (Å²) in [6.45, 7) is -0.640. The molecule has 1 heterocycles. The minimum absolute atomic E-state index is 0.0498. The first-order valence-electron chi connectivity index (χ1n) is 4.37. The summed E-state index contributed by atoms with van der Waals surface area (Å²) < 4.78 is 24.1. The fourth-order valence-corrected chi connectivity index (χ4v) is 1.37. The highest BCUT2D eigenvalue weighted by molar-refractivity contribution is 6.29. The van der Waals surface area contributed by atoms with E-state index in [1.54, 1.807) is 0 Å². The summed E-state index contributed by atoms with van der Waals surface area (Å²) >= 11 is 5.59. The normalized spacial score (nSPS) is 10.6. The van der Waals surface area contributed by atoms with E-state index >= 15 is 0 Å². The molecule has 1 aromatic heterocycles. The van der Waals surface area contributed by atoms with Gasteiger partial charge in [-0.25, -0.2) is 13.8 Å². The van der Waals surface area contributed by atoms with Crippen molar-refractivity contribution in [2.24, 2.45) is 0 Å². The van der Waals surface area contributed by atoms with Gasteiger partial charge in [0.25, 0.3) is 12.3 Å². The van der Waals surface area contributed by atoms with Crippen LogP contribution >= 0.6 is 11.6 Å². The van der Waals surface area contributed by atoms with Gasteiger partial charge in [0.1, 0.15) is 11.0 Å². The molecule has 0 aliphatic carbocycles. The molecular formula is C9H10ClF2N3O. The molecule has 2 N–H and O–H groups in total. The molecule has 7 heteroatoms. The van der Waals surface area contributed by atoms with Crippen molar-refractivity contribution in [1.29, 1.82) is 0 Å². The van der Waals surface area contributed by atoms with Crippen LogP contribution < -0.4 is 5.73 Å². The number of rotatable bonds is 3. The summed E-state index contributed by atoms with van der Waals surface area (Å²) in [5.41, 5.74) is 5.52. The summed E-state index contributed by atoms with van der Waals surface area (Å²) in [4.78, 5) is 16.2. The summed E-state index contributed by atoms with van der Waals surface area (Å²) in [6.07, 6.45) is -2.58. The maximum Gasteiger partial charge on any atom is 0.255 e. The van der Waals surface area contributed by atoms with Gasteiger partial charge in [0.15, 0.2) is 0 Å². The average molecular weight is 250 g/mol. The molecule has 0 atom stereocenters. The summed E-state index contributed by atoms with van der Waals surface area (Å²) in [5.74, 6) is -0.502. The highest BCUT2D eigenvalue weighted by atomic mass is 35.5. The summed E-state index contributed by atoms with van der Waals surface area (Å²) in [7, 11) is 1.28. The Kier molecular flexibility index (Phi) is 4.00. The van der Waals surface area contributed by atoms with Crippen LogP contribution in [0.3, 0.4) is 0 Å². The van der Waals surface area contributed by atoms with Crippen LogP contribution in [0.15, 0.2) is 12.1 Å². The van der Waals surface area contributed by atoms with E-state index in [0.717, 1.165) is 4.90 Å². The number of hydrogen-bond donors (Lipinski definition) is 1. The minimum Gasteiger partial charge on any atom is -0.384 e. The lowest BCUT2D eigenvalue weighted by Crippen LogP contribution is -2.31. The molecule has 1 rings (SSSR count). The second-order valence-electron chi connectivity index (χ2n) is 3.18. The minimum atomic E-state index is -2.58. The number of pyridine rings is 1. The van der Waals surface area contributed by atoms with Crippen molar-refractivity contribution in [3.05, 3.63) is 22.8 Å². The Morgan fingerprint density at radius 2 is 2.25 bits per heavy atom. The number of alkyl halides is 2. The maximum absolute atomic E-state index is 12.1. The largest absolute Gasteiger partial charge is 0.384 e. The number of halogens is 3. The number of carbonyl (C=O) groups excluding carboxylic acids is 1. The molecule has 88 valence electrons. The van der Waals surface area contributed by atoms with E-state index in [9.17, 15) is 13.6 Å². The van der Waals surface area contributed by atoms with Crippen LogP contribution in [0.2, 0.25) is 5.15 Å². The second kappa shape index (κ2) is 5.07. The van der Waals surface area contributed by atoms with E-state index in [0.29, 0.717) is 0 Å². The van der Waals surface area contributed by atoms with Crippen LogP contribution in [-0.4, -0.2) is 35.8 Å². The lowest BCUT2D eigenvalue weighted by molar-refractivity contribution is 0.0620. The Bertz CT molecular complexity index is 380. The molecule has 0 saturated carbocycles. The third-order valence-corrected chi connectivity index (χ3v) is 2.01. The van der Waals surface area contributed by atoms with Gasteiger partial charge in [0, 0.05) is 12.6 Å². The highest BCUT2D eigenvalue weighted by Crippen LogP contribution is 2.14. The van der Waals surface area contributed by atoms with Crippen molar-refractivity contribution in [3.63, 3.8) is 0 Å². The molecule has 0 aliphatic rings. The van der Waals surface area contributed by atoms with Gasteiger partial charge in [0.05, 0.1) is 6.54 Å². The van der Waals surface area contributed by atoms with Gasteiger partial charge in [-0.05, 0) is 12.1 Å². The third kappa shape index (κ3) is 3.30. The van der Waals surface area contributed by atoms with Crippen LogP contribution in [0.1, 0.15) is 10.4 Å². The molecule has 1 aromatic rings. The number of hydrogen-bond acceptors (Lipinski definition) is 3. The van der Waals surface area contributed by atoms with Gasteiger partial charge in [-0.2, -0.15) is 0 Å². The van der Waals surface area contributed by atoms with E-state index in [1.807, 2.05) is 0 Å². The van der Waals surface area contributed by atoms with Crippen LogP contribution in [0.5, 0.6) is 0 Å². The van der Waals surface area contributed by atoms with Crippen molar-refractivity contribution in [3.8, 4) is 0 Å². The van der Waals surface area contributed by atoms with E-state index in [-0.39, 0.29) is 16.5 Å². The number of aromatic nitrogens is 1. The molecule has 16 heavy (non-hydrogen) atoms. The summed E-state index contributed by atoms with van der Waals surface area (Å²) in [6, 6.07) is 2.57. The number of nitrogens with two attached hydrogens (primary N) is 1. The van der Waals surface area contributed by atoms with Crippen molar-refractivity contribution in [2.45, 2.75) is 6.43 Å². The van der Waals surface area contributed by atoms with E-state index < -0.39 is 18.9 Å². The number of anilines is 1. The molecule has 0 aliphatic heterocycles. The second-order valence-corrected chi connectivity index (χ2v) is 3.57. The van der Waals surface area contributed by atoms with Gasteiger partial charge in [-0.15, -0.1) is 0 Å². The van der Waals surface area contributed by atoms with Crippen LogP contribution in [-0.2, 0) is 0 Å². The summed E-state index contributed by atoms with van der Waals surface area (Å²) in [5, 5.41) is 0.0498. The monoisotopic (exact) mass is 249 g/mol. The Hall–Kier alpha value is -1.43. The Morgan fingerprint density at radius 3 is 2.75 bits per heavy atom. The van der Waals surface area contributed by atoms with Gasteiger partial charge in [0.2, 0.25) is 0 Å². The molecule has 0 unspecified atom stereocenters. The van der Waals surface area contributed by atoms with E-state index in [2.05, 4.69) is 4.98 Å². The zero-order chi connectivity index (χ0) is 12.3. The highest BCUT2D eigenvalue weighted by Gasteiger charge is 2.16. The van der Waals surface area contributed by atoms with Crippen LogP contribution in [0.4, 0.5) is 14.6 Å². The van der Waals surface area contributed by atoms with Gasteiger partial charge < -0.3 is 10.6 Å². The van der Waals surface area contributed by atoms with Gasteiger partial charge in [-0.3, -0.25) is 4.79 Å². The smallest absolute Gasteiger partial charge is 0.255 e. The molecule has 0 spiro atoms. The SMILES string of the molecule is CN(CC(F)F)C(=O)c1cc(N)nc(Cl)c1. The fourth-order valence-electron chi connectivity index (χ4n) is 1.15. The average Bonchev–Trinajstić information content (AvgIpc) is 2.13. The quantitative estimate of drug-likeness (QED) is 0.829. The molecule has 0 bridgehead atoms.